The summed E-state index contributed by atoms with van der Waals surface area (Å²) in [5, 5.41) is 3.51. The van der Waals surface area contributed by atoms with E-state index in [9.17, 15) is 0 Å². The molecule has 1 aliphatic carbocycles. The van der Waals surface area contributed by atoms with Crippen LogP contribution in [-0.2, 0) is 4.74 Å². The van der Waals surface area contributed by atoms with Crippen LogP contribution in [0.25, 0.3) is 0 Å². The fourth-order valence-corrected chi connectivity index (χ4v) is 1.36. The van der Waals surface area contributed by atoms with Crippen LogP contribution in [0.2, 0.25) is 0 Å². The zero-order chi connectivity index (χ0) is 10.6. The summed E-state index contributed by atoms with van der Waals surface area (Å²) >= 11 is 0. The lowest BCUT2D eigenvalue weighted by Crippen LogP contribution is -2.39. The molecule has 1 saturated carbocycles. The van der Waals surface area contributed by atoms with E-state index in [1.807, 2.05) is 0 Å². The second-order valence-electron chi connectivity index (χ2n) is 5.19. The monoisotopic (exact) mass is 199 g/mol. The highest BCUT2D eigenvalue weighted by molar-refractivity contribution is 4.77. The SMILES string of the molecule is CC(C)C(C)(C)OCCNC1CCC1. The smallest absolute Gasteiger partial charge is 0.0649 e. The Labute approximate surface area is 88.4 Å². The molecule has 0 atom stereocenters. The average molecular weight is 199 g/mol. The summed E-state index contributed by atoms with van der Waals surface area (Å²) in [6.45, 7) is 10.6. The molecule has 84 valence electrons. The van der Waals surface area contributed by atoms with E-state index >= 15 is 0 Å². The molecule has 0 radical (unpaired) electrons. The molecule has 1 fully saturated rings. The van der Waals surface area contributed by atoms with Crippen molar-refractivity contribution in [3.63, 3.8) is 0 Å². The summed E-state index contributed by atoms with van der Waals surface area (Å²) in [5.74, 6) is 0.575. The number of rotatable bonds is 6. The van der Waals surface area contributed by atoms with E-state index in [-0.39, 0.29) is 5.60 Å². The summed E-state index contributed by atoms with van der Waals surface area (Å²) in [7, 11) is 0. The highest BCUT2D eigenvalue weighted by Gasteiger charge is 2.23. The number of ether oxygens (including phenoxy) is 1. The lowest BCUT2D eigenvalue weighted by atomic mass is 9.93. The Morgan fingerprint density at radius 1 is 1.36 bits per heavy atom. The maximum Gasteiger partial charge on any atom is 0.0649 e. The van der Waals surface area contributed by atoms with Crippen molar-refractivity contribution < 1.29 is 4.74 Å². The molecule has 0 unspecified atom stereocenters. The average Bonchev–Trinajstić information content (AvgIpc) is 2.00. The predicted octanol–water partition coefficient (Wildman–Crippen LogP) is 2.58. The van der Waals surface area contributed by atoms with E-state index < -0.39 is 0 Å². The first-order chi connectivity index (χ1) is 6.52. The number of hydrogen-bond acceptors (Lipinski definition) is 2. The molecular weight excluding hydrogens is 174 g/mol. The van der Waals surface area contributed by atoms with Crippen LogP contribution in [0.1, 0.15) is 47.0 Å². The zero-order valence-corrected chi connectivity index (χ0v) is 10.1. The van der Waals surface area contributed by atoms with Crippen LogP contribution >= 0.6 is 0 Å². The molecule has 0 spiro atoms. The van der Waals surface area contributed by atoms with Gasteiger partial charge in [-0.1, -0.05) is 20.3 Å². The Bertz CT molecular complexity index is 162. The molecule has 1 aliphatic rings. The third-order valence-electron chi connectivity index (χ3n) is 3.50. The first-order valence-corrected chi connectivity index (χ1v) is 5.89. The third kappa shape index (κ3) is 3.58. The van der Waals surface area contributed by atoms with Gasteiger partial charge in [-0.05, 0) is 32.6 Å². The van der Waals surface area contributed by atoms with Crippen LogP contribution in [0.5, 0.6) is 0 Å². The molecule has 0 saturated heterocycles. The van der Waals surface area contributed by atoms with Gasteiger partial charge in [-0.2, -0.15) is 0 Å². The Hall–Kier alpha value is -0.0800. The Kier molecular flexibility index (Phi) is 4.39. The minimum atomic E-state index is 0.0152. The molecule has 2 nitrogen and oxygen atoms in total. The Balaban J connectivity index is 2.01. The van der Waals surface area contributed by atoms with Crippen molar-refractivity contribution in [1.29, 1.82) is 0 Å². The van der Waals surface area contributed by atoms with Gasteiger partial charge in [0.05, 0.1) is 12.2 Å². The van der Waals surface area contributed by atoms with Crippen molar-refractivity contribution in [1.82, 2.24) is 5.32 Å². The summed E-state index contributed by atoms with van der Waals surface area (Å²) in [6, 6.07) is 0.778. The van der Waals surface area contributed by atoms with E-state index in [0.29, 0.717) is 5.92 Å². The summed E-state index contributed by atoms with van der Waals surface area (Å²) in [6.07, 6.45) is 4.11. The predicted molar refractivity (Wildman–Crippen MR) is 60.5 cm³/mol. The largest absolute Gasteiger partial charge is 0.374 e. The number of nitrogens with one attached hydrogen (secondary N) is 1. The van der Waals surface area contributed by atoms with E-state index in [4.69, 9.17) is 4.74 Å². The van der Waals surface area contributed by atoms with Gasteiger partial charge in [0.1, 0.15) is 0 Å². The minimum Gasteiger partial charge on any atom is -0.374 e. The summed E-state index contributed by atoms with van der Waals surface area (Å²) < 4.78 is 5.85. The number of hydrogen-bond donors (Lipinski definition) is 1. The zero-order valence-electron chi connectivity index (χ0n) is 10.1. The molecule has 1 rings (SSSR count). The van der Waals surface area contributed by atoms with Gasteiger partial charge in [0.2, 0.25) is 0 Å². The van der Waals surface area contributed by atoms with Gasteiger partial charge in [0.15, 0.2) is 0 Å². The standard InChI is InChI=1S/C12H25NO/c1-10(2)12(3,4)14-9-8-13-11-6-5-7-11/h10-11,13H,5-9H2,1-4H3. The van der Waals surface area contributed by atoms with Gasteiger partial charge >= 0.3 is 0 Å². The van der Waals surface area contributed by atoms with Crippen molar-refractivity contribution in [2.45, 2.75) is 58.6 Å². The van der Waals surface area contributed by atoms with Gasteiger partial charge < -0.3 is 10.1 Å². The maximum atomic E-state index is 5.85. The molecule has 0 aromatic carbocycles. The van der Waals surface area contributed by atoms with Crippen LogP contribution in [0.3, 0.4) is 0 Å². The van der Waals surface area contributed by atoms with Gasteiger partial charge in [0, 0.05) is 12.6 Å². The quantitative estimate of drug-likeness (QED) is 0.664. The highest BCUT2D eigenvalue weighted by Crippen LogP contribution is 2.20. The normalized spacial score (nSPS) is 18.6. The maximum absolute atomic E-state index is 5.85. The van der Waals surface area contributed by atoms with Crippen LogP contribution in [0.15, 0.2) is 0 Å². The topological polar surface area (TPSA) is 21.3 Å². The molecular formula is C12H25NO. The van der Waals surface area contributed by atoms with E-state index in [2.05, 4.69) is 33.0 Å². The van der Waals surface area contributed by atoms with Crippen LogP contribution in [-0.4, -0.2) is 24.8 Å². The molecule has 0 bridgehead atoms. The second-order valence-corrected chi connectivity index (χ2v) is 5.19. The fourth-order valence-electron chi connectivity index (χ4n) is 1.36. The first-order valence-electron chi connectivity index (χ1n) is 5.89. The molecule has 1 N–H and O–H groups in total. The van der Waals surface area contributed by atoms with E-state index in [1.54, 1.807) is 0 Å². The van der Waals surface area contributed by atoms with Gasteiger partial charge in [-0.3, -0.25) is 0 Å². The van der Waals surface area contributed by atoms with Crippen LogP contribution < -0.4 is 5.32 Å². The Morgan fingerprint density at radius 3 is 2.43 bits per heavy atom. The van der Waals surface area contributed by atoms with Gasteiger partial charge in [-0.25, -0.2) is 0 Å². The van der Waals surface area contributed by atoms with Crippen LogP contribution in [0, 0.1) is 5.92 Å². The van der Waals surface area contributed by atoms with Crippen molar-refractivity contribution >= 4 is 0 Å². The van der Waals surface area contributed by atoms with Crippen molar-refractivity contribution in [3.8, 4) is 0 Å². The van der Waals surface area contributed by atoms with E-state index in [0.717, 1.165) is 19.2 Å². The van der Waals surface area contributed by atoms with Crippen LogP contribution in [0.4, 0.5) is 0 Å². The summed E-state index contributed by atoms with van der Waals surface area (Å²) in [5.41, 5.74) is 0.0152. The molecule has 0 aliphatic heterocycles. The molecule has 0 amide bonds. The lowest BCUT2D eigenvalue weighted by Gasteiger charge is -2.31. The molecule has 2 heteroatoms. The van der Waals surface area contributed by atoms with E-state index in [1.165, 1.54) is 19.3 Å². The van der Waals surface area contributed by atoms with Crippen molar-refractivity contribution in [2.75, 3.05) is 13.2 Å². The highest BCUT2D eigenvalue weighted by atomic mass is 16.5. The fraction of sp³-hybridized carbons (Fsp3) is 1.00. The van der Waals surface area contributed by atoms with Gasteiger partial charge in [-0.15, -0.1) is 0 Å². The van der Waals surface area contributed by atoms with Crippen molar-refractivity contribution in [2.24, 2.45) is 5.92 Å². The lowest BCUT2D eigenvalue weighted by molar-refractivity contribution is -0.0493. The molecule has 0 heterocycles. The van der Waals surface area contributed by atoms with Gasteiger partial charge in [0.25, 0.3) is 0 Å². The third-order valence-corrected chi connectivity index (χ3v) is 3.50. The summed E-state index contributed by atoms with van der Waals surface area (Å²) in [4.78, 5) is 0. The first kappa shape index (κ1) is 12.0. The van der Waals surface area contributed by atoms with Crippen molar-refractivity contribution in [3.05, 3.63) is 0 Å². The molecule has 0 aromatic heterocycles. The second kappa shape index (κ2) is 5.13. The minimum absolute atomic E-state index is 0.0152. The Morgan fingerprint density at radius 2 is 2.00 bits per heavy atom. The molecule has 0 aromatic rings. The molecule has 14 heavy (non-hydrogen) atoms.